The van der Waals surface area contributed by atoms with E-state index in [-0.39, 0.29) is 23.8 Å². The zero-order valence-electron chi connectivity index (χ0n) is 16.8. The number of hydrogen-bond donors (Lipinski definition) is 0. The monoisotopic (exact) mass is 365 g/mol. The van der Waals surface area contributed by atoms with E-state index in [2.05, 4.69) is 18.2 Å². The fourth-order valence-electron chi connectivity index (χ4n) is 3.17. The van der Waals surface area contributed by atoms with Crippen LogP contribution in [0.15, 0.2) is 53.6 Å². The Hall–Kier alpha value is -2.88. The Morgan fingerprint density at radius 2 is 1.74 bits per heavy atom. The van der Waals surface area contributed by atoms with E-state index >= 15 is 0 Å². The maximum atomic E-state index is 12.0. The highest BCUT2D eigenvalue weighted by Gasteiger charge is 2.38. The molecule has 1 aromatic rings. The molecule has 0 aromatic heterocycles. The molecule has 1 atom stereocenters. The molecule has 1 aliphatic carbocycles. The van der Waals surface area contributed by atoms with Crippen molar-refractivity contribution in [3.8, 4) is 0 Å². The molecule has 1 aliphatic rings. The van der Waals surface area contributed by atoms with E-state index in [9.17, 15) is 14.4 Å². The van der Waals surface area contributed by atoms with Gasteiger partial charge in [-0.25, -0.2) is 0 Å². The lowest BCUT2D eigenvalue weighted by Gasteiger charge is -2.15. The minimum atomic E-state index is -0.608. The van der Waals surface area contributed by atoms with Gasteiger partial charge in [0, 0.05) is 25.3 Å². The molecule has 0 aliphatic heterocycles. The molecule has 27 heavy (non-hydrogen) atoms. The molecular weight excluding hydrogens is 338 g/mol. The topological polar surface area (TPSA) is 63.6 Å². The Kier molecular flexibility index (Phi) is 7.98. The zero-order chi connectivity index (χ0) is 20.7. The van der Waals surface area contributed by atoms with E-state index in [4.69, 9.17) is 0 Å². The highest BCUT2D eigenvalue weighted by atomic mass is 16.2. The second-order valence-electron chi connectivity index (χ2n) is 6.65. The lowest BCUT2D eigenvalue weighted by molar-refractivity contribution is -0.123. The molecule has 0 amide bonds. The first-order chi connectivity index (χ1) is 12.6. The van der Waals surface area contributed by atoms with Crippen LogP contribution in [0, 0.1) is 20.8 Å². The van der Waals surface area contributed by atoms with Crippen LogP contribution in [0.5, 0.6) is 0 Å². The van der Waals surface area contributed by atoms with Gasteiger partial charge in [-0.05, 0) is 56.0 Å². The number of hydrogen-bond acceptors (Lipinski definition) is 4. The number of allylic oxidation sites excluding steroid dienone is 4. The fraction of sp³-hybridized carbons (Fsp3) is 0.304. The van der Waals surface area contributed by atoms with Gasteiger partial charge < -0.3 is 0 Å². The molecule has 1 unspecified atom stereocenters. The predicted molar refractivity (Wildman–Crippen MR) is 111 cm³/mol. The Balaban J connectivity index is 0.000000314. The Morgan fingerprint density at radius 1 is 1.19 bits per heavy atom. The molecule has 4 nitrogen and oxygen atoms in total. The van der Waals surface area contributed by atoms with Gasteiger partial charge >= 0.3 is 0 Å². The Morgan fingerprint density at radius 3 is 2.11 bits per heavy atom. The maximum absolute atomic E-state index is 12.0. The van der Waals surface area contributed by atoms with Crippen LogP contribution < -0.4 is 0 Å². The standard InChI is InChI=1S/C15H16O2.C8H11NO/c1-8-5-9(2)13(10(3)6-8)14-12(16)7-11(4)15(14)17;1-4-8(7(2)10)5-6-9-3/h5-6,14H,4,7H2,1-3H3;4-6H,1H2,2-3H3/b;8-5+,9-6?. The van der Waals surface area contributed by atoms with E-state index in [0.717, 1.165) is 22.3 Å². The summed E-state index contributed by atoms with van der Waals surface area (Å²) in [7, 11) is 1.65. The Bertz CT molecular complexity index is 833. The smallest absolute Gasteiger partial charge is 0.173 e. The summed E-state index contributed by atoms with van der Waals surface area (Å²) in [6.45, 7) is 14.6. The average Bonchev–Trinajstić information content (AvgIpc) is 2.81. The number of benzene rings is 1. The van der Waals surface area contributed by atoms with Crippen molar-refractivity contribution in [1.29, 1.82) is 0 Å². The fourth-order valence-corrected chi connectivity index (χ4v) is 3.17. The highest BCUT2D eigenvalue weighted by Crippen LogP contribution is 2.35. The number of nitrogens with zero attached hydrogens (tertiary/aromatic N) is 1. The van der Waals surface area contributed by atoms with E-state index in [1.54, 1.807) is 19.3 Å². The van der Waals surface area contributed by atoms with Crippen LogP contribution in [0.25, 0.3) is 0 Å². The molecule has 0 N–H and O–H groups in total. The molecule has 0 bridgehead atoms. The van der Waals surface area contributed by atoms with Crippen molar-refractivity contribution in [2.24, 2.45) is 4.99 Å². The summed E-state index contributed by atoms with van der Waals surface area (Å²) >= 11 is 0. The van der Waals surface area contributed by atoms with Gasteiger partial charge in [0.25, 0.3) is 0 Å². The van der Waals surface area contributed by atoms with Crippen LogP contribution in [-0.4, -0.2) is 30.6 Å². The summed E-state index contributed by atoms with van der Waals surface area (Å²) < 4.78 is 0. The van der Waals surface area contributed by atoms with Gasteiger partial charge in [0.05, 0.1) is 0 Å². The third-order valence-electron chi connectivity index (χ3n) is 4.38. The highest BCUT2D eigenvalue weighted by molar-refractivity contribution is 6.22. The van der Waals surface area contributed by atoms with Crippen molar-refractivity contribution in [3.63, 3.8) is 0 Å². The number of ketones is 3. The van der Waals surface area contributed by atoms with Crippen LogP contribution in [0.2, 0.25) is 0 Å². The number of carbonyl (C=O) groups is 3. The quantitative estimate of drug-likeness (QED) is 0.348. The van der Waals surface area contributed by atoms with E-state index in [1.807, 2.05) is 32.9 Å². The van der Waals surface area contributed by atoms with E-state index in [1.165, 1.54) is 13.0 Å². The van der Waals surface area contributed by atoms with Crippen LogP contribution in [-0.2, 0) is 14.4 Å². The molecule has 0 radical (unpaired) electrons. The summed E-state index contributed by atoms with van der Waals surface area (Å²) in [5.41, 5.74) is 5.10. The molecule has 1 aromatic carbocycles. The second-order valence-corrected chi connectivity index (χ2v) is 6.65. The molecular formula is C23H27NO3. The maximum Gasteiger partial charge on any atom is 0.173 e. The zero-order valence-corrected chi connectivity index (χ0v) is 16.8. The van der Waals surface area contributed by atoms with Crippen LogP contribution in [0.1, 0.15) is 41.5 Å². The average molecular weight is 365 g/mol. The first-order valence-electron chi connectivity index (χ1n) is 8.72. The van der Waals surface area contributed by atoms with Crippen molar-refractivity contribution in [2.75, 3.05) is 7.05 Å². The van der Waals surface area contributed by atoms with Crippen molar-refractivity contribution in [1.82, 2.24) is 0 Å². The SMILES string of the molecule is C=C/C(=C\C=NC)C(C)=O.C=C1CC(=O)C(c2c(C)cc(C)cc2C)C1=O. The van der Waals surface area contributed by atoms with Crippen molar-refractivity contribution in [2.45, 2.75) is 40.0 Å². The van der Waals surface area contributed by atoms with Gasteiger partial charge in [0.2, 0.25) is 0 Å². The van der Waals surface area contributed by atoms with E-state index < -0.39 is 5.92 Å². The van der Waals surface area contributed by atoms with Crippen molar-refractivity contribution < 1.29 is 14.4 Å². The molecule has 0 saturated heterocycles. The molecule has 2 rings (SSSR count). The minimum Gasteiger partial charge on any atom is -0.298 e. The van der Waals surface area contributed by atoms with Crippen LogP contribution >= 0.6 is 0 Å². The van der Waals surface area contributed by atoms with Gasteiger partial charge in [-0.15, -0.1) is 0 Å². The minimum absolute atomic E-state index is 0.00917. The summed E-state index contributed by atoms with van der Waals surface area (Å²) in [5.74, 6) is -0.724. The lowest BCUT2D eigenvalue weighted by Crippen LogP contribution is -2.15. The van der Waals surface area contributed by atoms with E-state index in [0.29, 0.717) is 11.1 Å². The van der Waals surface area contributed by atoms with Gasteiger partial charge in [-0.3, -0.25) is 19.4 Å². The summed E-state index contributed by atoms with van der Waals surface area (Å²) in [6, 6.07) is 4.04. The van der Waals surface area contributed by atoms with Gasteiger partial charge in [-0.2, -0.15) is 0 Å². The summed E-state index contributed by atoms with van der Waals surface area (Å²) in [5, 5.41) is 0. The number of carbonyl (C=O) groups excluding carboxylic acids is 3. The molecule has 0 heterocycles. The second kappa shape index (κ2) is 9.72. The summed E-state index contributed by atoms with van der Waals surface area (Å²) in [4.78, 5) is 38.3. The number of Topliss-reactive ketones (excluding diaryl/α,β-unsaturated/α-hetero) is 3. The first kappa shape index (κ1) is 22.2. The first-order valence-corrected chi connectivity index (χ1v) is 8.72. The van der Waals surface area contributed by atoms with Crippen molar-refractivity contribution in [3.05, 3.63) is 70.8 Å². The largest absolute Gasteiger partial charge is 0.298 e. The van der Waals surface area contributed by atoms with Gasteiger partial charge in [0.15, 0.2) is 17.3 Å². The molecule has 142 valence electrons. The van der Waals surface area contributed by atoms with Gasteiger partial charge in [-0.1, -0.05) is 36.9 Å². The third kappa shape index (κ3) is 5.55. The lowest BCUT2D eigenvalue weighted by atomic mass is 9.87. The molecule has 1 fully saturated rings. The van der Waals surface area contributed by atoms with Crippen LogP contribution in [0.3, 0.4) is 0 Å². The number of rotatable bonds is 4. The summed E-state index contributed by atoms with van der Waals surface area (Å²) in [6.07, 6.45) is 4.92. The molecule has 4 heteroatoms. The molecule has 0 spiro atoms. The Labute approximate surface area is 161 Å². The van der Waals surface area contributed by atoms with Crippen molar-refractivity contribution >= 4 is 23.6 Å². The molecule has 1 saturated carbocycles. The number of aliphatic imine (C=N–C) groups is 1. The third-order valence-corrected chi connectivity index (χ3v) is 4.38. The number of aryl methyl sites for hydroxylation is 3. The predicted octanol–water partition coefficient (Wildman–Crippen LogP) is 4.18. The van der Waals surface area contributed by atoms with Gasteiger partial charge in [0.1, 0.15) is 5.92 Å². The normalized spacial score (nSPS) is 17.1. The van der Waals surface area contributed by atoms with Crippen LogP contribution in [0.4, 0.5) is 0 Å².